The second-order valence-corrected chi connectivity index (χ2v) is 4.41. The average Bonchev–Trinajstić information content (AvgIpc) is 2.32. The van der Waals surface area contributed by atoms with Crippen LogP contribution in [0.15, 0.2) is 12.1 Å². The topological polar surface area (TPSA) is 50.4 Å². The molecule has 0 aromatic heterocycles. The first kappa shape index (κ1) is 14.5. The van der Waals surface area contributed by atoms with Crippen LogP contribution in [0, 0.1) is 13.8 Å². The molecule has 0 aliphatic rings. The minimum Gasteiger partial charge on any atom is -0.495 e. The maximum absolute atomic E-state index is 11.8. The van der Waals surface area contributed by atoms with E-state index in [1.165, 1.54) is 0 Å². The summed E-state index contributed by atoms with van der Waals surface area (Å²) in [6.07, 6.45) is 1.34. The zero-order valence-electron chi connectivity index (χ0n) is 11.6. The maximum Gasteiger partial charge on any atom is 0.224 e. The maximum atomic E-state index is 11.8. The normalized spacial score (nSPS) is 10.2. The molecule has 0 bridgehead atoms. The molecule has 0 aliphatic heterocycles. The molecule has 0 atom stereocenters. The van der Waals surface area contributed by atoms with E-state index < -0.39 is 0 Å². The van der Waals surface area contributed by atoms with Gasteiger partial charge in [-0.25, -0.2) is 0 Å². The molecule has 0 radical (unpaired) electrons. The Hall–Kier alpha value is -1.55. The number of carbonyl (C=O) groups excluding carboxylic acids is 1. The number of benzene rings is 1. The van der Waals surface area contributed by atoms with Crippen molar-refractivity contribution < 1.29 is 9.53 Å². The Morgan fingerprint density at radius 3 is 2.67 bits per heavy atom. The third-order valence-corrected chi connectivity index (χ3v) is 2.76. The molecule has 2 N–H and O–H groups in total. The molecule has 1 rings (SSSR count). The fourth-order valence-electron chi connectivity index (χ4n) is 1.88. The molecule has 0 spiro atoms. The zero-order chi connectivity index (χ0) is 13.5. The van der Waals surface area contributed by atoms with E-state index in [-0.39, 0.29) is 5.91 Å². The van der Waals surface area contributed by atoms with E-state index in [0.29, 0.717) is 6.42 Å². The molecule has 1 aromatic carbocycles. The van der Waals surface area contributed by atoms with Gasteiger partial charge < -0.3 is 15.4 Å². The predicted molar refractivity (Wildman–Crippen MR) is 74.3 cm³/mol. The van der Waals surface area contributed by atoms with Crippen LogP contribution in [0.3, 0.4) is 0 Å². The van der Waals surface area contributed by atoms with Gasteiger partial charge in [-0.2, -0.15) is 0 Å². The minimum atomic E-state index is 0.0236. The lowest BCUT2D eigenvalue weighted by atomic mass is 10.1. The molecule has 18 heavy (non-hydrogen) atoms. The van der Waals surface area contributed by atoms with Crippen LogP contribution < -0.4 is 15.4 Å². The molecule has 0 saturated carbocycles. The molecular formula is C14H22N2O2. The molecule has 1 aromatic rings. The lowest BCUT2D eigenvalue weighted by molar-refractivity contribution is -0.116. The molecule has 4 heteroatoms. The van der Waals surface area contributed by atoms with Gasteiger partial charge in [0.25, 0.3) is 0 Å². The Morgan fingerprint density at radius 2 is 2.06 bits per heavy atom. The van der Waals surface area contributed by atoms with Crippen molar-refractivity contribution in [3.63, 3.8) is 0 Å². The average molecular weight is 250 g/mol. The number of ether oxygens (including phenoxy) is 1. The van der Waals surface area contributed by atoms with Crippen LogP contribution in [-0.2, 0) is 4.79 Å². The molecule has 0 heterocycles. The van der Waals surface area contributed by atoms with Crippen LogP contribution in [-0.4, -0.2) is 26.6 Å². The smallest absolute Gasteiger partial charge is 0.224 e. The number of methoxy groups -OCH3 is 1. The van der Waals surface area contributed by atoms with Crippen LogP contribution >= 0.6 is 0 Å². The lowest BCUT2D eigenvalue weighted by Crippen LogP contribution is -2.16. The molecule has 0 fully saturated rings. The third kappa shape index (κ3) is 4.04. The highest BCUT2D eigenvalue weighted by atomic mass is 16.5. The second kappa shape index (κ2) is 7.01. The quantitative estimate of drug-likeness (QED) is 0.761. The number of nitrogens with one attached hydrogen (secondary N) is 2. The van der Waals surface area contributed by atoms with E-state index in [1.54, 1.807) is 7.11 Å². The van der Waals surface area contributed by atoms with E-state index in [9.17, 15) is 4.79 Å². The molecule has 0 aliphatic carbocycles. The molecular weight excluding hydrogens is 228 g/mol. The van der Waals surface area contributed by atoms with Crippen LogP contribution in [0.1, 0.15) is 24.0 Å². The van der Waals surface area contributed by atoms with Crippen molar-refractivity contribution in [2.24, 2.45) is 0 Å². The van der Waals surface area contributed by atoms with Gasteiger partial charge in [0.2, 0.25) is 5.91 Å². The Bertz CT molecular complexity index is 417. The second-order valence-electron chi connectivity index (χ2n) is 4.41. The van der Waals surface area contributed by atoms with E-state index >= 15 is 0 Å². The number of hydrogen-bond acceptors (Lipinski definition) is 3. The standard InChI is InChI=1S/C14H22N2O2/c1-10-8-11(2)14(12(9-10)18-4)16-13(17)6-5-7-15-3/h8-9,15H,5-7H2,1-4H3,(H,16,17). The van der Waals surface area contributed by atoms with Crippen molar-refractivity contribution in [3.8, 4) is 5.75 Å². The number of rotatable bonds is 6. The summed E-state index contributed by atoms with van der Waals surface area (Å²) in [4.78, 5) is 11.8. The van der Waals surface area contributed by atoms with Crippen molar-refractivity contribution in [1.82, 2.24) is 5.32 Å². The molecule has 0 unspecified atom stereocenters. The largest absolute Gasteiger partial charge is 0.495 e. The highest BCUT2D eigenvalue weighted by molar-refractivity contribution is 5.93. The lowest BCUT2D eigenvalue weighted by Gasteiger charge is -2.14. The van der Waals surface area contributed by atoms with E-state index in [2.05, 4.69) is 10.6 Å². The molecule has 100 valence electrons. The summed E-state index contributed by atoms with van der Waals surface area (Å²) in [7, 11) is 3.50. The monoisotopic (exact) mass is 250 g/mol. The molecule has 0 saturated heterocycles. The van der Waals surface area contributed by atoms with Gasteiger partial charge in [-0.05, 0) is 51.1 Å². The summed E-state index contributed by atoms with van der Waals surface area (Å²) >= 11 is 0. The highest BCUT2D eigenvalue weighted by Crippen LogP contribution is 2.29. The van der Waals surface area contributed by atoms with Crippen LogP contribution in [0.25, 0.3) is 0 Å². The Labute approximate surface area is 109 Å². The van der Waals surface area contributed by atoms with Gasteiger partial charge in [0.05, 0.1) is 12.8 Å². The fourth-order valence-corrected chi connectivity index (χ4v) is 1.88. The Balaban J connectivity index is 2.74. The van der Waals surface area contributed by atoms with Gasteiger partial charge in [-0.1, -0.05) is 6.07 Å². The zero-order valence-corrected chi connectivity index (χ0v) is 11.6. The van der Waals surface area contributed by atoms with Crippen LogP contribution in [0.2, 0.25) is 0 Å². The van der Waals surface area contributed by atoms with Crippen LogP contribution in [0.5, 0.6) is 5.75 Å². The summed E-state index contributed by atoms with van der Waals surface area (Å²) in [5.74, 6) is 0.741. The van der Waals surface area contributed by atoms with E-state index in [0.717, 1.165) is 35.5 Å². The van der Waals surface area contributed by atoms with Crippen molar-refractivity contribution in [2.45, 2.75) is 26.7 Å². The first-order valence-electron chi connectivity index (χ1n) is 6.18. The van der Waals surface area contributed by atoms with Gasteiger partial charge in [0.15, 0.2) is 0 Å². The van der Waals surface area contributed by atoms with Gasteiger partial charge in [0, 0.05) is 6.42 Å². The van der Waals surface area contributed by atoms with Crippen molar-refractivity contribution in [2.75, 3.05) is 26.0 Å². The van der Waals surface area contributed by atoms with Crippen molar-refractivity contribution in [1.29, 1.82) is 0 Å². The summed E-state index contributed by atoms with van der Waals surface area (Å²) < 4.78 is 5.31. The Morgan fingerprint density at radius 1 is 1.33 bits per heavy atom. The summed E-state index contributed by atoms with van der Waals surface area (Å²) in [6.45, 7) is 4.82. The first-order chi connectivity index (χ1) is 8.58. The number of anilines is 1. The highest BCUT2D eigenvalue weighted by Gasteiger charge is 2.10. The molecule has 4 nitrogen and oxygen atoms in total. The number of aryl methyl sites for hydroxylation is 2. The summed E-state index contributed by atoms with van der Waals surface area (Å²) in [5, 5.41) is 5.95. The predicted octanol–water partition coefficient (Wildman–Crippen LogP) is 2.25. The number of carbonyl (C=O) groups is 1. The van der Waals surface area contributed by atoms with Gasteiger partial charge in [-0.3, -0.25) is 4.79 Å². The van der Waals surface area contributed by atoms with Gasteiger partial charge >= 0.3 is 0 Å². The number of amides is 1. The summed E-state index contributed by atoms with van der Waals surface area (Å²) in [5.41, 5.74) is 2.92. The number of hydrogen-bond donors (Lipinski definition) is 2. The van der Waals surface area contributed by atoms with E-state index in [4.69, 9.17) is 4.74 Å². The van der Waals surface area contributed by atoms with Gasteiger partial charge in [-0.15, -0.1) is 0 Å². The molecule has 1 amide bonds. The minimum absolute atomic E-state index is 0.0236. The van der Waals surface area contributed by atoms with E-state index in [1.807, 2.05) is 33.0 Å². The van der Waals surface area contributed by atoms with Crippen molar-refractivity contribution >= 4 is 11.6 Å². The van der Waals surface area contributed by atoms with Crippen molar-refractivity contribution in [3.05, 3.63) is 23.3 Å². The Kier molecular flexibility index (Phi) is 5.65. The first-order valence-corrected chi connectivity index (χ1v) is 6.18. The van der Waals surface area contributed by atoms with Gasteiger partial charge in [0.1, 0.15) is 5.75 Å². The SMILES string of the molecule is CNCCCC(=O)Nc1c(C)cc(C)cc1OC. The fraction of sp³-hybridized carbons (Fsp3) is 0.500. The summed E-state index contributed by atoms with van der Waals surface area (Å²) in [6, 6.07) is 3.96. The third-order valence-electron chi connectivity index (χ3n) is 2.76. The van der Waals surface area contributed by atoms with Crippen LogP contribution in [0.4, 0.5) is 5.69 Å².